The van der Waals surface area contributed by atoms with Gasteiger partial charge in [-0.2, -0.15) is 16.8 Å². The van der Waals surface area contributed by atoms with Crippen molar-refractivity contribution in [2.24, 2.45) is 0 Å². The van der Waals surface area contributed by atoms with E-state index in [0.29, 0.717) is 0 Å². The second-order valence-electron chi connectivity index (χ2n) is 1.90. The van der Waals surface area contributed by atoms with Crippen LogP contribution in [0.5, 0.6) is 0 Å². The predicted octanol–water partition coefficient (Wildman–Crippen LogP) is -0.540. The minimum absolute atomic E-state index is 0. The van der Waals surface area contributed by atoms with Gasteiger partial charge < -0.3 is 17.1 Å². The molecular formula is C3H14N2O9S2. The maximum Gasteiger partial charge on any atom is 0.425 e. The average molecular weight is 286 g/mol. The molecule has 0 bridgehead atoms. The highest BCUT2D eigenvalue weighted by Crippen LogP contribution is 1.92. The molecule has 16 heavy (non-hydrogen) atoms. The predicted molar refractivity (Wildman–Crippen MR) is 51.7 cm³/mol. The summed E-state index contributed by atoms with van der Waals surface area (Å²) in [6.07, 6.45) is 0. The lowest BCUT2D eigenvalue weighted by Crippen LogP contribution is -2.10. The molecule has 8 N–H and O–H groups in total. The van der Waals surface area contributed by atoms with Crippen LogP contribution in [-0.2, 0) is 34.3 Å². The number of hydrogen-bond acceptors (Lipinski definition) is 9. The van der Waals surface area contributed by atoms with Gasteiger partial charge in [-0.05, 0) is 13.8 Å². The van der Waals surface area contributed by atoms with E-state index in [2.05, 4.69) is 8.67 Å². The standard InChI is InChI=1S/C3H6O.2H3N.H2O8S2/c1-3(2)4;;;1-9(2,3)7-8-10(4,5)6/h1-2H3;2*1H3;(H,1,2,3)(H,4,5,6). The molecule has 0 spiro atoms. The van der Waals surface area contributed by atoms with Crippen molar-refractivity contribution in [1.82, 2.24) is 12.3 Å². The molecular weight excluding hydrogens is 272 g/mol. The van der Waals surface area contributed by atoms with Crippen LogP contribution in [0.15, 0.2) is 0 Å². The van der Waals surface area contributed by atoms with Crippen molar-refractivity contribution in [3.8, 4) is 0 Å². The Labute approximate surface area is 92.7 Å². The van der Waals surface area contributed by atoms with Crippen molar-refractivity contribution in [3.63, 3.8) is 0 Å². The summed E-state index contributed by atoms with van der Waals surface area (Å²) in [6.45, 7) is 3.06. The zero-order valence-electron chi connectivity index (χ0n) is 8.48. The van der Waals surface area contributed by atoms with Crippen LogP contribution in [0.2, 0.25) is 0 Å². The molecule has 0 saturated heterocycles. The van der Waals surface area contributed by atoms with E-state index >= 15 is 0 Å². The van der Waals surface area contributed by atoms with Gasteiger partial charge in [-0.1, -0.05) is 8.67 Å². The summed E-state index contributed by atoms with van der Waals surface area (Å²) < 4.78 is 58.9. The summed E-state index contributed by atoms with van der Waals surface area (Å²) in [6, 6.07) is 0. The first kappa shape index (κ1) is 24.5. The fourth-order valence-corrected chi connectivity index (χ4v) is 0.632. The highest BCUT2D eigenvalue weighted by molar-refractivity contribution is 7.83. The molecule has 0 rings (SSSR count). The van der Waals surface area contributed by atoms with E-state index in [1.807, 2.05) is 0 Å². The summed E-state index contributed by atoms with van der Waals surface area (Å²) in [4.78, 5) is 9.44. The summed E-state index contributed by atoms with van der Waals surface area (Å²) in [5, 5.41) is 0. The van der Waals surface area contributed by atoms with Gasteiger partial charge >= 0.3 is 20.8 Å². The smallest absolute Gasteiger partial charge is 0.344 e. The van der Waals surface area contributed by atoms with Crippen molar-refractivity contribution in [2.75, 3.05) is 0 Å². The molecule has 0 aromatic rings. The zero-order valence-corrected chi connectivity index (χ0v) is 10.1. The van der Waals surface area contributed by atoms with Crippen molar-refractivity contribution in [2.45, 2.75) is 13.8 Å². The molecule has 11 nitrogen and oxygen atoms in total. The van der Waals surface area contributed by atoms with E-state index in [1.165, 1.54) is 13.8 Å². The number of carbonyl (C=O) groups is 1. The molecule has 0 radical (unpaired) electrons. The van der Waals surface area contributed by atoms with Crippen molar-refractivity contribution < 1.29 is 39.4 Å². The molecule has 0 amide bonds. The van der Waals surface area contributed by atoms with Crippen molar-refractivity contribution in [1.29, 1.82) is 0 Å². The van der Waals surface area contributed by atoms with E-state index in [-0.39, 0.29) is 18.1 Å². The third-order valence-corrected chi connectivity index (χ3v) is 0.766. The highest BCUT2D eigenvalue weighted by Gasteiger charge is 2.13. The van der Waals surface area contributed by atoms with Gasteiger partial charge in [0, 0.05) is 0 Å². The van der Waals surface area contributed by atoms with Gasteiger partial charge in [0.25, 0.3) is 0 Å². The molecule has 0 atom stereocenters. The molecule has 0 aromatic heterocycles. The van der Waals surface area contributed by atoms with E-state index in [1.54, 1.807) is 0 Å². The van der Waals surface area contributed by atoms with Crippen LogP contribution in [-0.4, -0.2) is 31.7 Å². The Hall–Kier alpha value is -0.670. The van der Waals surface area contributed by atoms with Gasteiger partial charge in [0.05, 0.1) is 0 Å². The van der Waals surface area contributed by atoms with Crippen LogP contribution < -0.4 is 12.3 Å². The van der Waals surface area contributed by atoms with Gasteiger partial charge in [0.15, 0.2) is 0 Å². The van der Waals surface area contributed by atoms with Crippen LogP contribution in [0.4, 0.5) is 0 Å². The van der Waals surface area contributed by atoms with Crippen molar-refractivity contribution in [3.05, 3.63) is 0 Å². The molecule has 0 unspecified atom stereocenters. The number of ketones is 1. The Morgan fingerprint density at radius 2 is 1.00 bits per heavy atom. The third-order valence-electron chi connectivity index (χ3n) is 0.200. The Kier molecular flexibility index (Phi) is 14.6. The van der Waals surface area contributed by atoms with Gasteiger partial charge in [-0.15, -0.1) is 0 Å². The normalized spacial score (nSPS) is 10.0. The van der Waals surface area contributed by atoms with Crippen LogP contribution in [0.25, 0.3) is 0 Å². The fourth-order valence-electron chi connectivity index (χ4n) is 0.0702. The zero-order chi connectivity index (χ0) is 12.0. The lowest BCUT2D eigenvalue weighted by molar-refractivity contribution is -0.115. The number of carbonyl (C=O) groups excluding carboxylic acids is 1. The summed E-state index contributed by atoms with van der Waals surface area (Å²) in [5.74, 6) is 0.167. The number of Topliss-reactive ketones (excluding diaryl/α,β-unsaturated/α-hetero) is 1. The molecule has 102 valence electrons. The molecule has 0 aromatic carbocycles. The van der Waals surface area contributed by atoms with Crippen molar-refractivity contribution >= 4 is 26.6 Å². The molecule has 13 heteroatoms. The number of rotatable bonds is 3. The lowest BCUT2D eigenvalue weighted by Gasteiger charge is -1.92. The Balaban J connectivity index is -0.000000105. The van der Waals surface area contributed by atoms with Crippen LogP contribution in [0, 0.1) is 0 Å². The molecule has 0 saturated carbocycles. The minimum atomic E-state index is -5.02. The Bertz CT molecular complexity index is 334. The molecule has 0 aliphatic carbocycles. The lowest BCUT2D eigenvalue weighted by atomic mass is 10.6. The van der Waals surface area contributed by atoms with Crippen LogP contribution in [0.3, 0.4) is 0 Å². The first-order valence-corrected chi connectivity index (χ1v) is 5.47. The topological polar surface area (TPSA) is 214 Å². The second kappa shape index (κ2) is 9.55. The average Bonchev–Trinajstić information content (AvgIpc) is 1.79. The first-order valence-electron chi connectivity index (χ1n) is 2.74. The van der Waals surface area contributed by atoms with Crippen LogP contribution >= 0.6 is 0 Å². The molecule has 0 fully saturated rings. The maximum absolute atomic E-state index is 9.51. The van der Waals surface area contributed by atoms with E-state index in [4.69, 9.17) is 9.11 Å². The Morgan fingerprint density at radius 1 is 0.875 bits per heavy atom. The SMILES string of the molecule is CC(C)=O.N.N.O=S(=O)(O)OOS(=O)(=O)O. The fraction of sp³-hybridized carbons (Fsp3) is 0.667. The highest BCUT2D eigenvalue weighted by atomic mass is 32.3. The number of hydrogen-bond donors (Lipinski definition) is 4. The summed E-state index contributed by atoms with van der Waals surface area (Å²) in [5.41, 5.74) is 0. The third kappa shape index (κ3) is 50.6. The van der Waals surface area contributed by atoms with Crippen LogP contribution in [0.1, 0.15) is 13.8 Å². The van der Waals surface area contributed by atoms with E-state index in [9.17, 15) is 21.6 Å². The molecule has 0 aliphatic rings. The quantitative estimate of drug-likeness (QED) is 0.293. The monoisotopic (exact) mass is 286 g/mol. The Morgan fingerprint density at radius 3 is 1.06 bits per heavy atom. The van der Waals surface area contributed by atoms with Gasteiger partial charge in [-0.3, -0.25) is 9.11 Å². The van der Waals surface area contributed by atoms with Gasteiger partial charge in [0.1, 0.15) is 5.78 Å². The molecule has 0 aliphatic heterocycles. The second-order valence-corrected chi connectivity index (χ2v) is 3.88. The summed E-state index contributed by atoms with van der Waals surface area (Å²) in [7, 11) is -10.0. The van der Waals surface area contributed by atoms with Gasteiger partial charge in [-0.25, -0.2) is 0 Å². The largest absolute Gasteiger partial charge is 0.425 e. The van der Waals surface area contributed by atoms with Gasteiger partial charge in [0.2, 0.25) is 0 Å². The van der Waals surface area contributed by atoms with E-state index < -0.39 is 20.8 Å². The van der Waals surface area contributed by atoms with E-state index in [0.717, 1.165) is 0 Å². The maximum atomic E-state index is 9.51. The molecule has 0 heterocycles. The summed E-state index contributed by atoms with van der Waals surface area (Å²) >= 11 is 0. The minimum Gasteiger partial charge on any atom is -0.344 e. The first-order chi connectivity index (χ1) is 5.94.